The molecule has 4 heteroatoms. The number of carbonyl (C=O) groups is 1. The summed E-state index contributed by atoms with van der Waals surface area (Å²) in [7, 11) is 0. The molecule has 1 N–H and O–H groups in total. The van der Waals surface area contributed by atoms with Crippen molar-refractivity contribution in [2.75, 3.05) is 32.9 Å². The van der Waals surface area contributed by atoms with Crippen LogP contribution >= 0.6 is 0 Å². The van der Waals surface area contributed by atoms with Crippen LogP contribution in [0, 0.1) is 11.8 Å². The largest absolute Gasteiger partial charge is 0.396 e. The van der Waals surface area contributed by atoms with Crippen molar-refractivity contribution >= 4 is 5.91 Å². The third-order valence-corrected chi connectivity index (χ3v) is 4.17. The van der Waals surface area contributed by atoms with Gasteiger partial charge in [0.25, 0.3) is 0 Å². The number of rotatable bonds is 3. The lowest BCUT2D eigenvalue weighted by atomic mass is 10.1. The van der Waals surface area contributed by atoms with Gasteiger partial charge in [0.05, 0.1) is 19.1 Å². The minimum atomic E-state index is -0.0505. The predicted molar refractivity (Wildman–Crippen MR) is 70.6 cm³/mol. The zero-order valence-corrected chi connectivity index (χ0v) is 10.9. The summed E-state index contributed by atoms with van der Waals surface area (Å²) in [5.74, 6) is 0.390. The maximum absolute atomic E-state index is 12.5. The minimum absolute atomic E-state index is 0.0505. The third kappa shape index (κ3) is 2.38. The van der Waals surface area contributed by atoms with Gasteiger partial charge in [-0.2, -0.15) is 0 Å². The third-order valence-electron chi connectivity index (χ3n) is 4.17. The van der Waals surface area contributed by atoms with Crippen LogP contribution in [0.4, 0.5) is 0 Å². The Bertz CT molecular complexity index is 442. The molecular weight excluding hydrogens is 242 g/mol. The molecule has 0 spiro atoms. The van der Waals surface area contributed by atoms with Crippen molar-refractivity contribution in [1.29, 1.82) is 0 Å². The van der Waals surface area contributed by atoms with Crippen molar-refractivity contribution in [2.24, 2.45) is 11.8 Å². The summed E-state index contributed by atoms with van der Waals surface area (Å²) in [6, 6.07) is 10.0. The van der Waals surface area contributed by atoms with E-state index in [0.717, 1.165) is 5.56 Å². The molecule has 0 unspecified atom stereocenters. The molecular formula is C15H19NO3. The standard InChI is InChI=1S/C15H19NO3/c17-10-12-13(11-4-2-1-3-5-11)14(12)15(18)16-6-8-19-9-7-16/h1-5,12-14,17H,6-10H2/t12-,13+,14+/m1/s1. The quantitative estimate of drug-likeness (QED) is 0.878. The van der Waals surface area contributed by atoms with Crippen LogP contribution in [-0.2, 0) is 9.53 Å². The number of morpholine rings is 1. The summed E-state index contributed by atoms with van der Waals surface area (Å²) in [4.78, 5) is 14.3. The number of benzene rings is 1. The maximum atomic E-state index is 12.5. The number of ether oxygens (including phenoxy) is 1. The molecule has 1 aliphatic carbocycles. The van der Waals surface area contributed by atoms with E-state index < -0.39 is 0 Å². The molecule has 1 amide bonds. The molecule has 3 atom stereocenters. The van der Waals surface area contributed by atoms with Gasteiger partial charge in [0, 0.05) is 31.5 Å². The Morgan fingerprint density at radius 3 is 2.58 bits per heavy atom. The average Bonchev–Trinajstić information content (AvgIpc) is 3.22. The van der Waals surface area contributed by atoms with Crippen LogP contribution in [0.15, 0.2) is 30.3 Å². The number of hydrogen-bond acceptors (Lipinski definition) is 3. The summed E-state index contributed by atoms with van der Waals surface area (Å²) in [5, 5.41) is 9.46. The second kappa shape index (κ2) is 5.31. The van der Waals surface area contributed by atoms with E-state index in [9.17, 15) is 9.90 Å². The maximum Gasteiger partial charge on any atom is 0.226 e. The number of aliphatic hydroxyl groups is 1. The highest BCUT2D eigenvalue weighted by Gasteiger charge is 2.55. The predicted octanol–water partition coefficient (Wildman–Crippen LogP) is 0.867. The first-order chi connectivity index (χ1) is 9.33. The van der Waals surface area contributed by atoms with Gasteiger partial charge in [-0.3, -0.25) is 4.79 Å². The monoisotopic (exact) mass is 261 g/mol. The Morgan fingerprint density at radius 1 is 1.26 bits per heavy atom. The molecule has 19 heavy (non-hydrogen) atoms. The zero-order valence-electron chi connectivity index (χ0n) is 10.9. The number of carbonyl (C=O) groups excluding carboxylic acids is 1. The van der Waals surface area contributed by atoms with Crippen molar-refractivity contribution in [1.82, 2.24) is 4.90 Å². The summed E-state index contributed by atoms with van der Waals surface area (Å²) >= 11 is 0. The van der Waals surface area contributed by atoms with Crippen LogP contribution in [0.5, 0.6) is 0 Å². The van der Waals surface area contributed by atoms with Crippen molar-refractivity contribution in [3.63, 3.8) is 0 Å². The van der Waals surface area contributed by atoms with Crippen molar-refractivity contribution in [2.45, 2.75) is 5.92 Å². The summed E-state index contributed by atoms with van der Waals surface area (Å²) in [6.45, 7) is 2.68. The molecule has 4 nitrogen and oxygen atoms in total. The second-order valence-corrected chi connectivity index (χ2v) is 5.25. The Hall–Kier alpha value is -1.39. The van der Waals surface area contributed by atoms with Gasteiger partial charge in [-0.15, -0.1) is 0 Å². The molecule has 1 saturated heterocycles. The van der Waals surface area contributed by atoms with Gasteiger partial charge < -0.3 is 14.7 Å². The van der Waals surface area contributed by atoms with Crippen LogP contribution in [0.25, 0.3) is 0 Å². The Labute approximate surface area is 113 Å². The van der Waals surface area contributed by atoms with Gasteiger partial charge in [-0.1, -0.05) is 30.3 Å². The molecule has 0 aromatic heterocycles. The van der Waals surface area contributed by atoms with Crippen LogP contribution < -0.4 is 0 Å². The molecule has 1 aliphatic heterocycles. The summed E-state index contributed by atoms with van der Waals surface area (Å²) < 4.78 is 5.27. The molecule has 1 heterocycles. The molecule has 0 bridgehead atoms. The molecule has 102 valence electrons. The van der Waals surface area contributed by atoms with E-state index in [0.29, 0.717) is 26.3 Å². The Morgan fingerprint density at radius 2 is 1.95 bits per heavy atom. The Balaban J connectivity index is 1.72. The normalized spacial score (nSPS) is 30.2. The first-order valence-corrected chi connectivity index (χ1v) is 6.85. The van der Waals surface area contributed by atoms with Crippen LogP contribution in [0.3, 0.4) is 0 Å². The average molecular weight is 261 g/mol. The van der Waals surface area contributed by atoms with E-state index in [1.165, 1.54) is 0 Å². The number of hydrogen-bond donors (Lipinski definition) is 1. The SMILES string of the molecule is O=C([C@H]1[C@H](CO)[C@@H]1c1ccccc1)N1CCOCC1. The highest BCUT2D eigenvalue weighted by atomic mass is 16.5. The van der Waals surface area contributed by atoms with Gasteiger partial charge in [0.1, 0.15) is 0 Å². The highest BCUT2D eigenvalue weighted by molar-refractivity contribution is 5.84. The molecule has 2 aliphatic rings. The van der Waals surface area contributed by atoms with Gasteiger partial charge >= 0.3 is 0 Å². The van der Waals surface area contributed by atoms with Gasteiger partial charge in [-0.25, -0.2) is 0 Å². The highest BCUT2D eigenvalue weighted by Crippen LogP contribution is 2.54. The fraction of sp³-hybridized carbons (Fsp3) is 0.533. The molecule has 3 rings (SSSR count). The van der Waals surface area contributed by atoms with Gasteiger partial charge in [-0.05, 0) is 5.56 Å². The zero-order chi connectivity index (χ0) is 13.2. The van der Waals surface area contributed by atoms with Crippen LogP contribution in [0.2, 0.25) is 0 Å². The second-order valence-electron chi connectivity index (χ2n) is 5.25. The topological polar surface area (TPSA) is 49.8 Å². The van der Waals surface area contributed by atoms with Gasteiger partial charge in [0.2, 0.25) is 5.91 Å². The fourth-order valence-corrected chi connectivity index (χ4v) is 3.06. The van der Waals surface area contributed by atoms with E-state index in [4.69, 9.17) is 4.74 Å². The van der Waals surface area contributed by atoms with Crippen molar-refractivity contribution < 1.29 is 14.6 Å². The smallest absolute Gasteiger partial charge is 0.226 e. The van der Waals surface area contributed by atoms with E-state index in [1.807, 2.05) is 35.2 Å². The lowest BCUT2D eigenvalue weighted by Gasteiger charge is -2.27. The summed E-state index contributed by atoms with van der Waals surface area (Å²) in [6.07, 6.45) is 0. The molecule has 2 fully saturated rings. The first kappa shape index (κ1) is 12.6. The number of amides is 1. The van der Waals surface area contributed by atoms with Gasteiger partial charge in [0.15, 0.2) is 0 Å². The van der Waals surface area contributed by atoms with E-state index in [-0.39, 0.29) is 30.3 Å². The fourth-order valence-electron chi connectivity index (χ4n) is 3.06. The van der Waals surface area contributed by atoms with Crippen molar-refractivity contribution in [3.8, 4) is 0 Å². The van der Waals surface area contributed by atoms with Crippen LogP contribution in [0.1, 0.15) is 11.5 Å². The number of aliphatic hydroxyl groups excluding tert-OH is 1. The van der Waals surface area contributed by atoms with Crippen LogP contribution in [-0.4, -0.2) is 48.8 Å². The Kier molecular flexibility index (Phi) is 3.53. The first-order valence-electron chi connectivity index (χ1n) is 6.85. The molecule has 1 aromatic carbocycles. The van der Waals surface area contributed by atoms with E-state index in [2.05, 4.69) is 0 Å². The van der Waals surface area contributed by atoms with E-state index in [1.54, 1.807) is 0 Å². The minimum Gasteiger partial charge on any atom is -0.396 e. The van der Waals surface area contributed by atoms with E-state index >= 15 is 0 Å². The number of nitrogens with zero attached hydrogens (tertiary/aromatic N) is 1. The van der Waals surface area contributed by atoms with Crippen molar-refractivity contribution in [3.05, 3.63) is 35.9 Å². The summed E-state index contributed by atoms with van der Waals surface area (Å²) in [5.41, 5.74) is 1.16. The molecule has 1 aromatic rings. The lowest BCUT2D eigenvalue weighted by molar-refractivity contribution is -0.137. The lowest BCUT2D eigenvalue weighted by Crippen LogP contribution is -2.42. The molecule has 1 saturated carbocycles. The molecule has 0 radical (unpaired) electrons.